The summed E-state index contributed by atoms with van der Waals surface area (Å²) in [6.07, 6.45) is 2.60. The second-order valence-electron chi connectivity index (χ2n) is 7.61. The summed E-state index contributed by atoms with van der Waals surface area (Å²) >= 11 is 0. The molecule has 31 heavy (non-hydrogen) atoms. The Balaban J connectivity index is 1.45. The number of benzene rings is 2. The van der Waals surface area contributed by atoms with Gasteiger partial charge in [0.1, 0.15) is 17.3 Å². The summed E-state index contributed by atoms with van der Waals surface area (Å²) < 4.78 is 29.0. The van der Waals surface area contributed by atoms with Crippen molar-refractivity contribution < 1.29 is 18.4 Å². The number of rotatable bonds is 4. The Kier molecular flexibility index (Phi) is 5.79. The molecule has 0 spiro atoms. The van der Waals surface area contributed by atoms with Gasteiger partial charge in [-0.05, 0) is 37.1 Å². The van der Waals surface area contributed by atoms with E-state index in [9.17, 15) is 18.4 Å². The van der Waals surface area contributed by atoms with Gasteiger partial charge in [-0.15, -0.1) is 0 Å². The summed E-state index contributed by atoms with van der Waals surface area (Å²) in [5.74, 6) is -2.00. The number of halogens is 2. The van der Waals surface area contributed by atoms with E-state index >= 15 is 0 Å². The lowest BCUT2D eigenvalue weighted by atomic mass is 9.95. The molecule has 0 aliphatic carbocycles. The third-order valence-electron chi connectivity index (χ3n) is 5.44. The molecule has 1 fully saturated rings. The Hall–Kier alpha value is -3.55. The maximum Gasteiger partial charge on any atom is 0.257 e. The molecule has 2 aromatic carbocycles. The van der Waals surface area contributed by atoms with Crippen molar-refractivity contribution >= 4 is 17.5 Å². The quantitative estimate of drug-likeness (QED) is 0.692. The molecule has 2 amide bonds. The molecule has 4 rings (SSSR count). The lowest BCUT2D eigenvalue weighted by Gasteiger charge is -2.31. The summed E-state index contributed by atoms with van der Waals surface area (Å²) in [6.45, 7) is 0.817. The molecule has 1 aliphatic heterocycles. The van der Waals surface area contributed by atoms with E-state index in [1.807, 2.05) is 30.3 Å². The highest BCUT2D eigenvalue weighted by Gasteiger charge is 2.30. The average Bonchev–Trinajstić information content (AvgIpc) is 3.15. The predicted octanol–water partition coefficient (Wildman–Crippen LogP) is 3.86. The van der Waals surface area contributed by atoms with Gasteiger partial charge in [0, 0.05) is 49.6 Å². The third-order valence-corrected chi connectivity index (χ3v) is 5.44. The third kappa shape index (κ3) is 4.47. The summed E-state index contributed by atoms with van der Waals surface area (Å²) in [6, 6.07) is 12.4. The van der Waals surface area contributed by atoms with Crippen molar-refractivity contribution in [3.05, 3.63) is 71.9 Å². The van der Waals surface area contributed by atoms with Crippen molar-refractivity contribution in [3.8, 4) is 11.3 Å². The van der Waals surface area contributed by atoms with Crippen molar-refractivity contribution in [2.45, 2.75) is 12.8 Å². The van der Waals surface area contributed by atoms with Gasteiger partial charge in [0.25, 0.3) is 5.91 Å². The zero-order chi connectivity index (χ0) is 22.0. The number of carbonyl (C=O) groups is 2. The average molecular weight is 424 g/mol. The highest BCUT2D eigenvalue weighted by atomic mass is 19.1. The predicted molar refractivity (Wildman–Crippen MR) is 112 cm³/mol. The molecule has 1 saturated heterocycles. The zero-order valence-electron chi connectivity index (χ0n) is 17.0. The van der Waals surface area contributed by atoms with E-state index in [1.54, 1.807) is 11.9 Å². The van der Waals surface area contributed by atoms with Gasteiger partial charge < -0.3 is 10.2 Å². The number of carbonyl (C=O) groups excluding carboxylic acids is 2. The Morgan fingerprint density at radius 3 is 2.45 bits per heavy atom. The number of para-hydroxylation sites is 1. The summed E-state index contributed by atoms with van der Waals surface area (Å²) in [5.41, 5.74) is 1.24. The van der Waals surface area contributed by atoms with E-state index < -0.39 is 11.6 Å². The minimum absolute atomic E-state index is 0.0613. The second-order valence-corrected chi connectivity index (χ2v) is 7.61. The van der Waals surface area contributed by atoms with Gasteiger partial charge in [-0.25, -0.2) is 8.78 Å². The maximum absolute atomic E-state index is 14.3. The van der Waals surface area contributed by atoms with Gasteiger partial charge in [-0.1, -0.05) is 18.2 Å². The Morgan fingerprint density at radius 1 is 1.06 bits per heavy atom. The molecular formula is C23H22F2N4O2. The minimum atomic E-state index is -0.774. The molecule has 0 radical (unpaired) electrons. The van der Waals surface area contributed by atoms with Crippen LogP contribution in [0.3, 0.4) is 0 Å². The molecule has 160 valence electrons. The first-order chi connectivity index (χ1) is 14.9. The largest absolute Gasteiger partial charge is 0.338 e. The summed E-state index contributed by atoms with van der Waals surface area (Å²) in [5, 5.41) is 7.12. The van der Waals surface area contributed by atoms with E-state index in [1.165, 1.54) is 16.9 Å². The van der Waals surface area contributed by atoms with Gasteiger partial charge in [-0.3, -0.25) is 14.3 Å². The van der Waals surface area contributed by atoms with E-state index in [2.05, 4.69) is 10.4 Å². The number of likely N-dealkylation sites (tertiary alicyclic amines) is 1. The van der Waals surface area contributed by atoms with Gasteiger partial charge in [-0.2, -0.15) is 5.10 Å². The van der Waals surface area contributed by atoms with Crippen molar-refractivity contribution in [2.24, 2.45) is 13.0 Å². The van der Waals surface area contributed by atoms with Crippen molar-refractivity contribution in [1.82, 2.24) is 14.7 Å². The molecule has 0 saturated carbocycles. The van der Waals surface area contributed by atoms with Gasteiger partial charge >= 0.3 is 0 Å². The lowest BCUT2D eigenvalue weighted by molar-refractivity contribution is -0.121. The molecular weight excluding hydrogens is 402 g/mol. The van der Waals surface area contributed by atoms with Crippen LogP contribution in [0.4, 0.5) is 14.5 Å². The second kappa shape index (κ2) is 8.67. The lowest BCUT2D eigenvalue weighted by Crippen LogP contribution is -2.41. The standard InChI is InChI=1S/C23H22F2N4O2/c1-28-14-19(21(27-28)18-8-7-16(24)13-20(18)25)23(31)29-11-9-15(10-12-29)22(30)26-17-5-3-2-4-6-17/h2-8,13-15H,9-12H2,1H3,(H,26,30). The first-order valence-electron chi connectivity index (χ1n) is 10.1. The molecule has 0 bridgehead atoms. The maximum atomic E-state index is 14.3. The highest BCUT2D eigenvalue weighted by Crippen LogP contribution is 2.28. The van der Waals surface area contributed by atoms with E-state index in [-0.39, 0.29) is 34.6 Å². The van der Waals surface area contributed by atoms with Crippen LogP contribution in [0, 0.1) is 17.6 Å². The van der Waals surface area contributed by atoms with Crippen LogP contribution >= 0.6 is 0 Å². The highest BCUT2D eigenvalue weighted by molar-refractivity contribution is 6.00. The van der Waals surface area contributed by atoms with Crippen LogP contribution < -0.4 is 5.32 Å². The number of nitrogens with zero attached hydrogens (tertiary/aromatic N) is 3. The molecule has 0 atom stereocenters. The van der Waals surface area contributed by atoms with E-state index in [4.69, 9.17) is 0 Å². The van der Waals surface area contributed by atoms with Gasteiger partial charge in [0.15, 0.2) is 0 Å². The number of hydrogen-bond acceptors (Lipinski definition) is 3. The first-order valence-corrected chi connectivity index (χ1v) is 10.1. The zero-order valence-corrected chi connectivity index (χ0v) is 17.0. The Labute approximate surface area is 178 Å². The van der Waals surface area contributed by atoms with Crippen LogP contribution in [-0.4, -0.2) is 39.6 Å². The minimum Gasteiger partial charge on any atom is -0.338 e. The smallest absolute Gasteiger partial charge is 0.257 e. The molecule has 2 heterocycles. The number of aryl methyl sites for hydroxylation is 1. The van der Waals surface area contributed by atoms with E-state index in [0.29, 0.717) is 25.9 Å². The monoisotopic (exact) mass is 424 g/mol. The SMILES string of the molecule is Cn1cc(C(=O)N2CCC(C(=O)Nc3ccccc3)CC2)c(-c2ccc(F)cc2F)n1. The summed E-state index contributed by atoms with van der Waals surface area (Å²) in [7, 11) is 1.64. The fourth-order valence-electron chi connectivity index (χ4n) is 3.81. The van der Waals surface area contributed by atoms with Crippen LogP contribution in [0.1, 0.15) is 23.2 Å². The first kappa shape index (κ1) is 20.7. The van der Waals surface area contributed by atoms with Crippen LogP contribution in [0.15, 0.2) is 54.7 Å². The number of aromatic nitrogens is 2. The number of anilines is 1. The number of amides is 2. The number of hydrogen-bond donors (Lipinski definition) is 1. The van der Waals surface area contributed by atoms with Gasteiger partial charge in [0.2, 0.25) is 5.91 Å². The van der Waals surface area contributed by atoms with Crippen molar-refractivity contribution in [2.75, 3.05) is 18.4 Å². The summed E-state index contributed by atoms with van der Waals surface area (Å²) in [4.78, 5) is 27.3. The Bertz CT molecular complexity index is 1110. The van der Waals surface area contributed by atoms with Crippen LogP contribution in [0.2, 0.25) is 0 Å². The number of piperidine rings is 1. The van der Waals surface area contributed by atoms with Crippen molar-refractivity contribution in [3.63, 3.8) is 0 Å². The van der Waals surface area contributed by atoms with Crippen LogP contribution in [-0.2, 0) is 11.8 Å². The van der Waals surface area contributed by atoms with Crippen LogP contribution in [0.25, 0.3) is 11.3 Å². The van der Waals surface area contributed by atoms with Gasteiger partial charge in [0.05, 0.1) is 5.56 Å². The van der Waals surface area contributed by atoms with Crippen molar-refractivity contribution in [1.29, 1.82) is 0 Å². The molecule has 8 heteroatoms. The fourth-order valence-corrected chi connectivity index (χ4v) is 3.81. The number of nitrogens with one attached hydrogen (secondary N) is 1. The van der Waals surface area contributed by atoms with Crippen LogP contribution in [0.5, 0.6) is 0 Å². The molecule has 1 aliphatic rings. The normalized spacial score (nSPS) is 14.5. The fraction of sp³-hybridized carbons (Fsp3) is 0.261. The van der Waals surface area contributed by atoms with E-state index in [0.717, 1.165) is 17.8 Å². The molecule has 6 nitrogen and oxygen atoms in total. The molecule has 0 unspecified atom stereocenters. The molecule has 1 N–H and O–H groups in total. The molecule has 3 aromatic rings. The molecule has 1 aromatic heterocycles. The Morgan fingerprint density at radius 2 is 1.77 bits per heavy atom. The topological polar surface area (TPSA) is 67.2 Å².